The van der Waals surface area contributed by atoms with E-state index in [2.05, 4.69) is 104 Å². The quantitative estimate of drug-likeness (QED) is 0.173. The van der Waals surface area contributed by atoms with Crippen molar-refractivity contribution in [1.82, 2.24) is 15.0 Å². The Morgan fingerprint density at radius 3 is 2.35 bits per heavy atom. The number of aryl methyl sites for hydroxylation is 3. The molecule has 0 aliphatic rings. The van der Waals surface area contributed by atoms with Crippen molar-refractivity contribution in [2.24, 2.45) is 0 Å². The van der Waals surface area contributed by atoms with Crippen LogP contribution in [0.3, 0.4) is 0 Å². The summed E-state index contributed by atoms with van der Waals surface area (Å²) in [4.78, 5) is 14.4. The van der Waals surface area contributed by atoms with Gasteiger partial charge in [0.25, 0.3) is 0 Å². The van der Waals surface area contributed by atoms with Crippen molar-refractivity contribution in [2.75, 3.05) is 0 Å². The average Bonchev–Trinajstić information content (AvgIpc) is 3.41. The average molecular weight is 562 g/mol. The van der Waals surface area contributed by atoms with Crippen molar-refractivity contribution in [3.05, 3.63) is 126 Å². The molecule has 0 N–H and O–H groups in total. The summed E-state index contributed by atoms with van der Waals surface area (Å²) < 4.78 is 6.36. The largest absolute Gasteiger partial charge is 0.437 e. The molecule has 0 fully saturated rings. The van der Waals surface area contributed by atoms with Crippen LogP contribution in [0.2, 0.25) is 0 Å². The Morgan fingerprint density at radius 2 is 1.53 bits per heavy atom. The Balaban J connectivity index is 1.17. The van der Waals surface area contributed by atoms with Crippen molar-refractivity contribution >= 4 is 32.8 Å². The van der Waals surface area contributed by atoms with E-state index in [-0.39, 0.29) is 0 Å². The molecule has 212 valence electrons. The summed E-state index contributed by atoms with van der Waals surface area (Å²) in [5, 5.41) is 4.56. The van der Waals surface area contributed by atoms with Crippen molar-refractivity contribution in [3.63, 3.8) is 0 Å². The number of rotatable bonds is 8. The first-order chi connectivity index (χ1) is 21.0. The number of hydrogen-bond acceptors (Lipinski definition) is 4. The lowest BCUT2D eigenvalue weighted by atomic mass is 9.93. The molecule has 0 aliphatic carbocycles. The number of furan rings is 1. The molecule has 0 bridgehead atoms. The fourth-order valence-electron chi connectivity index (χ4n) is 6.04. The molecule has 0 atom stereocenters. The molecule has 43 heavy (non-hydrogen) atoms. The summed E-state index contributed by atoms with van der Waals surface area (Å²) in [7, 11) is 0. The highest BCUT2D eigenvalue weighted by molar-refractivity contribution is 6.11. The second-order valence-electron chi connectivity index (χ2n) is 11.8. The topological polar surface area (TPSA) is 51.8 Å². The smallest absolute Gasteiger partial charge is 0.227 e. The van der Waals surface area contributed by atoms with Crippen LogP contribution >= 0.6 is 0 Å². The molecule has 7 aromatic rings. The van der Waals surface area contributed by atoms with Gasteiger partial charge in [0.2, 0.25) is 5.71 Å². The molecule has 0 saturated heterocycles. The van der Waals surface area contributed by atoms with Gasteiger partial charge in [-0.2, -0.15) is 0 Å². The molecule has 0 unspecified atom stereocenters. The van der Waals surface area contributed by atoms with E-state index in [1.165, 1.54) is 27.5 Å². The Labute approximate surface area is 252 Å². The zero-order valence-corrected chi connectivity index (χ0v) is 25.0. The van der Waals surface area contributed by atoms with Crippen LogP contribution in [0.15, 0.2) is 108 Å². The minimum absolute atomic E-state index is 0.452. The van der Waals surface area contributed by atoms with E-state index in [9.17, 15) is 0 Å². The maximum absolute atomic E-state index is 6.36. The van der Waals surface area contributed by atoms with Gasteiger partial charge < -0.3 is 4.42 Å². The lowest BCUT2D eigenvalue weighted by Gasteiger charge is -2.14. The monoisotopic (exact) mass is 561 g/mol. The summed E-state index contributed by atoms with van der Waals surface area (Å²) >= 11 is 0. The molecule has 0 saturated carbocycles. The number of unbranched alkanes of at least 4 members (excludes halogenated alkanes) is 1. The Hall–Kier alpha value is -4.83. The second-order valence-corrected chi connectivity index (χ2v) is 11.8. The molecular weight excluding hydrogens is 526 g/mol. The van der Waals surface area contributed by atoms with E-state index >= 15 is 0 Å². The third-order valence-corrected chi connectivity index (χ3v) is 8.48. The molecule has 0 spiro atoms. The van der Waals surface area contributed by atoms with Crippen molar-refractivity contribution in [3.8, 4) is 22.5 Å². The normalized spacial score (nSPS) is 11.7. The molecule has 4 heteroatoms. The van der Waals surface area contributed by atoms with Gasteiger partial charge in [-0.1, -0.05) is 80.6 Å². The summed E-state index contributed by atoms with van der Waals surface area (Å²) in [6.45, 7) is 6.50. The van der Waals surface area contributed by atoms with E-state index in [4.69, 9.17) is 14.4 Å². The van der Waals surface area contributed by atoms with Crippen LogP contribution in [0, 0.1) is 6.92 Å². The summed E-state index contributed by atoms with van der Waals surface area (Å²) in [6, 6.07) is 32.0. The highest BCUT2D eigenvalue weighted by atomic mass is 16.3. The van der Waals surface area contributed by atoms with Gasteiger partial charge >= 0.3 is 0 Å². The first kappa shape index (κ1) is 27.0. The lowest BCUT2D eigenvalue weighted by molar-refractivity contribution is 0.653. The maximum atomic E-state index is 6.36. The molecule has 0 amide bonds. The van der Waals surface area contributed by atoms with Crippen LogP contribution in [-0.4, -0.2) is 15.0 Å². The number of nitrogens with zero attached hydrogens (tertiary/aromatic N) is 3. The second kappa shape index (κ2) is 11.4. The fourth-order valence-corrected chi connectivity index (χ4v) is 6.04. The number of para-hydroxylation sites is 1. The zero-order chi connectivity index (χ0) is 29.3. The van der Waals surface area contributed by atoms with Crippen molar-refractivity contribution in [2.45, 2.75) is 52.4 Å². The van der Waals surface area contributed by atoms with Crippen molar-refractivity contribution < 1.29 is 4.42 Å². The Bertz CT molecular complexity index is 2060. The highest BCUT2D eigenvalue weighted by Crippen LogP contribution is 2.38. The number of aromatic nitrogens is 3. The highest BCUT2D eigenvalue weighted by Gasteiger charge is 2.17. The van der Waals surface area contributed by atoms with Crippen LogP contribution in [0.25, 0.3) is 55.4 Å². The number of benzene rings is 3. The fraction of sp³-hybridized carbons (Fsp3) is 0.205. The summed E-state index contributed by atoms with van der Waals surface area (Å²) in [6.07, 6.45) is 8.31. The SMILES string of the molecule is Cc1ccc2c(n1)oc1c(-c3ncc(CCCCc4ccc(-c5ccccc5)nc4)c4cc(C(C)C)ccc34)cccc12. The van der Waals surface area contributed by atoms with E-state index in [1.807, 2.05) is 25.3 Å². The molecule has 4 heterocycles. The lowest BCUT2D eigenvalue weighted by Crippen LogP contribution is -1.97. The molecular formula is C39H35N3O. The van der Waals surface area contributed by atoms with Crippen LogP contribution < -0.4 is 0 Å². The first-order valence-electron chi connectivity index (χ1n) is 15.3. The molecule has 0 radical (unpaired) electrons. The van der Waals surface area contributed by atoms with Gasteiger partial charge in [-0.15, -0.1) is 0 Å². The maximum Gasteiger partial charge on any atom is 0.227 e. The number of fused-ring (bicyclic) bond motifs is 4. The third kappa shape index (κ3) is 5.30. The number of hydrogen-bond donors (Lipinski definition) is 0. The van der Waals surface area contributed by atoms with Crippen molar-refractivity contribution in [1.29, 1.82) is 0 Å². The minimum Gasteiger partial charge on any atom is -0.437 e. The molecule has 0 aliphatic heterocycles. The van der Waals surface area contributed by atoms with Gasteiger partial charge in [0.1, 0.15) is 5.58 Å². The summed E-state index contributed by atoms with van der Waals surface area (Å²) in [5.41, 5.74) is 10.5. The standard InChI is InChI=1S/C39H35N3O/c1-25(2)29-18-20-31-35(22-29)30(13-8-7-10-27-17-21-36(40-23-27)28-11-5-4-6-12-28)24-41-37(31)34-15-9-14-32-33-19-16-26(3)42-39(33)43-38(32)34/h4-6,9,11-12,14-25H,7-8,10,13H2,1-3H3. The first-order valence-corrected chi connectivity index (χ1v) is 15.3. The van der Waals surface area contributed by atoms with E-state index in [0.717, 1.165) is 70.2 Å². The van der Waals surface area contributed by atoms with Gasteiger partial charge in [-0.05, 0) is 84.9 Å². The van der Waals surface area contributed by atoms with E-state index < -0.39 is 0 Å². The van der Waals surface area contributed by atoms with Gasteiger partial charge in [0.05, 0.1) is 11.4 Å². The number of pyridine rings is 3. The molecule has 4 nitrogen and oxygen atoms in total. The van der Waals surface area contributed by atoms with Crippen LogP contribution in [0.5, 0.6) is 0 Å². The van der Waals surface area contributed by atoms with E-state index in [0.29, 0.717) is 11.6 Å². The molecule has 7 rings (SSSR count). The Kier molecular flexibility index (Phi) is 7.20. The van der Waals surface area contributed by atoms with Gasteiger partial charge in [0, 0.05) is 45.4 Å². The third-order valence-electron chi connectivity index (χ3n) is 8.48. The van der Waals surface area contributed by atoms with E-state index in [1.54, 1.807) is 0 Å². The van der Waals surface area contributed by atoms with Crippen LogP contribution in [0.1, 0.15) is 55.0 Å². The molecule has 3 aromatic carbocycles. The summed E-state index contributed by atoms with van der Waals surface area (Å²) in [5.74, 6) is 0.452. The predicted octanol–water partition coefficient (Wildman–Crippen LogP) is 10.3. The predicted molar refractivity (Wildman–Crippen MR) is 177 cm³/mol. The van der Waals surface area contributed by atoms with Gasteiger partial charge in [-0.3, -0.25) is 9.97 Å². The van der Waals surface area contributed by atoms with Gasteiger partial charge in [0.15, 0.2) is 0 Å². The van der Waals surface area contributed by atoms with Gasteiger partial charge in [-0.25, -0.2) is 4.98 Å². The molecule has 4 aromatic heterocycles. The van der Waals surface area contributed by atoms with Crippen LogP contribution in [0.4, 0.5) is 0 Å². The Morgan fingerprint density at radius 1 is 0.698 bits per heavy atom. The zero-order valence-electron chi connectivity index (χ0n) is 25.0. The minimum atomic E-state index is 0.452. The van der Waals surface area contributed by atoms with Crippen LogP contribution in [-0.2, 0) is 12.8 Å².